The zero-order valence-corrected chi connectivity index (χ0v) is 22.5. The van der Waals surface area contributed by atoms with E-state index in [1.165, 1.54) is 7.11 Å². The van der Waals surface area contributed by atoms with Gasteiger partial charge in [0.1, 0.15) is 5.65 Å². The number of carbonyl (C=O) groups is 1. The van der Waals surface area contributed by atoms with E-state index in [1.807, 2.05) is 25.2 Å². The van der Waals surface area contributed by atoms with E-state index in [2.05, 4.69) is 42.5 Å². The van der Waals surface area contributed by atoms with Gasteiger partial charge >= 0.3 is 5.97 Å². The van der Waals surface area contributed by atoms with Gasteiger partial charge in [0.15, 0.2) is 0 Å². The Bertz CT molecular complexity index is 1590. The molecule has 0 aliphatic rings. The van der Waals surface area contributed by atoms with E-state index in [0.717, 1.165) is 46.0 Å². The number of benzene rings is 1. The molecule has 37 heavy (non-hydrogen) atoms. The summed E-state index contributed by atoms with van der Waals surface area (Å²) in [5.41, 5.74) is 10.7. The fraction of sp³-hybridized carbons (Fsp3) is 0.308. The molecule has 1 aromatic carbocycles. The maximum atomic E-state index is 12.2. The molecular formula is C26H28BrN7O3. The van der Waals surface area contributed by atoms with Crippen LogP contribution in [-0.2, 0) is 18.3 Å². The number of methoxy groups -OCH3 is 1. The van der Waals surface area contributed by atoms with Gasteiger partial charge in [0, 0.05) is 42.2 Å². The molecule has 0 unspecified atom stereocenters. The largest absolute Gasteiger partial charge is 0.477 e. The second-order valence-corrected chi connectivity index (χ2v) is 10.0. The third kappa shape index (κ3) is 4.91. The van der Waals surface area contributed by atoms with Crippen molar-refractivity contribution in [3.8, 4) is 17.0 Å². The molecule has 0 aliphatic heterocycles. The number of imidazole rings is 2. The number of aryl methyl sites for hydroxylation is 1. The molecule has 0 spiro atoms. The average Bonchev–Trinajstić information content (AvgIpc) is 3.58. The van der Waals surface area contributed by atoms with Crippen molar-refractivity contribution in [2.75, 3.05) is 19.5 Å². The predicted molar refractivity (Wildman–Crippen MR) is 144 cm³/mol. The summed E-state index contributed by atoms with van der Waals surface area (Å²) in [5.74, 6) is 1.09. The number of esters is 1. The monoisotopic (exact) mass is 565 g/mol. The Morgan fingerprint density at radius 1 is 1.24 bits per heavy atom. The van der Waals surface area contributed by atoms with Crippen molar-refractivity contribution in [2.24, 2.45) is 13.0 Å². The molecule has 5 rings (SSSR count). The van der Waals surface area contributed by atoms with Gasteiger partial charge in [0.25, 0.3) is 0 Å². The van der Waals surface area contributed by atoms with E-state index < -0.39 is 5.97 Å². The van der Waals surface area contributed by atoms with Crippen molar-refractivity contribution in [1.82, 2.24) is 28.7 Å². The summed E-state index contributed by atoms with van der Waals surface area (Å²) in [5, 5.41) is 4.40. The van der Waals surface area contributed by atoms with Crippen molar-refractivity contribution in [3.63, 3.8) is 0 Å². The highest BCUT2D eigenvalue weighted by Crippen LogP contribution is 2.33. The Hall–Kier alpha value is -3.86. The van der Waals surface area contributed by atoms with E-state index in [9.17, 15) is 4.79 Å². The molecule has 4 aromatic heterocycles. The molecule has 11 heteroatoms. The van der Waals surface area contributed by atoms with Gasteiger partial charge in [-0.1, -0.05) is 22.9 Å². The summed E-state index contributed by atoms with van der Waals surface area (Å²) >= 11 is 3.53. The summed E-state index contributed by atoms with van der Waals surface area (Å²) in [6.45, 7) is 3.49. The van der Waals surface area contributed by atoms with Crippen LogP contribution in [0.1, 0.15) is 30.1 Å². The summed E-state index contributed by atoms with van der Waals surface area (Å²) in [6.07, 6.45) is 8.70. The number of nitrogen functional groups attached to an aromatic ring is 1. The Balaban J connectivity index is 1.28. The molecule has 0 saturated carbocycles. The number of aromatic nitrogens is 6. The van der Waals surface area contributed by atoms with E-state index in [-0.39, 0.29) is 0 Å². The lowest BCUT2D eigenvalue weighted by molar-refractivity contribution is 0.0600. The lowest BCUT2D eigenvalue weighted by Crippen LogP contribution is -2.12. The van der Waals surface area contributed by atoms with Gasteiger partial charge in [-0.3, -0.25) is 0 Å². The third-order valence-corrected chi connectivity index (χ3v) is 6.89. The lowest BCUT2D eigenvalue weighted by atomic mass is 10.1. The lowest BCUT2D eigenvalue weighted by Gasteiger charge is -2.15. The van der Waals surface area contributed by atoms with Crippen molar-refractivity contribution >= 4 is 44.5 Å². The van der Waals surface area contributed by atoms with Crippen LogP contribution in [0.5, 0.6) is 5.88 Å². The number of fused-ring (bicyclic) bond motifs is 2. The average molecular weight is 566 g/mol. The van der Waals surface area contributed by atoms with Gasteiger partial charge in [-0.2, -0.15) is 5.10 Å². The number of anilines is 1. The van der Waals surface area contributed by atoms with Gasteiger partial charge in [0.05, 0.1) is 42.1 Å². The number of hydrogen-bond acceptors (Lipinski definition) is 7. The van der Waals surface area contributed by atoms with Crippen LogP contribution in [0, 0.1) is 5.92 Å². The number of nitrogens with two attached hydrogens (primary N) is 1. The van der Waals surface area contributed by atoms with Crippen molar-refractivity contribution < 1.29 is 14.3 Å². The standard InChI is InChI=1S/C26H28BrN7O3/c1-16(14-34-22-12-18(27)6-7-21(22)31-26(34)28)5-4-10-37-24-20(13-30-32(24)2)19-11-17(25(35)36-3)15-33-9-8-29-23(19)33/h6-9,11-13,15-16H,4-5,10,14H2,1-3H3,(H2,28,31)/t16-/m1/s1. The molecule has 0 saturated heterocycles. The molecule has 1 atom stereocenters. The van der Waals surface area contributed by atoms with E-state index >= 15 is 0 Å². The minimum Gasteiger partial charge on any atom is -0.477 e. The first-order chi connectivity index (χ1) is 17.9. The number of ether oxygens (including phenoxy) is 2. The minimum atomic E-state index is -0.420. The van der Waals surface area contributed by atoms with Crippen molar-refractivity contribution in [1.29, 1.82) is 0 Å². The van der Waals surface area contributed by atoms with Crippen LogP contribution in [-0.4, -0.2) is 48.4 Å². The molecule has 0 aliphatic carbocycles. The van der Waals surface area contributed by atoms with Crippen LogP contribution in [0.3, 0.4) is 0 Å². The Kier molecular flexibility index (Phi) is 6.88. The SMILES string of the molecule is COC(=O)c1cc(-c2cnn(C)c2OCCC[C@@H](C)Cn2c(N)nc3ccc(Br)cc32)c2nccn2c1. The van der Waals surface area contributed by atoms with Gasteiger partial charge < -0.3 is 24.2 Å². The number of pyridine rings is 1. The van der Waals surface area contributed by atoms with Crippen LogP contribution in [0.4, 0.5) is 5.95 Å². The highest BCUT2D eigenvalue weighted by atomic mass is 79.9. The molecule has 0 bridgehead atoms. The molecule has 0 amide bonds. The smallest absolute Gasteiger partial charge is 0.339 e. The van der Waals surface area contributed by atoms with Crippen LogP contribution < -0.4 is 10.5 Å². The van der Waals surface area contributed by atoms with Crippen LogP contribution in [0.25, 0.3) is 27.8 Å². The maximum absolute atomic E-state index is 12.2. The van der Waals surface area contributed by atoms with E-state index in [4.69, 9.17) is 15.2 Å². The Morgan fingerprint density at radius 2 is 2.08 bits per heavy atom. The van der Waals surface area contributed by atoms with Gasteiger partial charge in [0.2, 0.25) is 11.8 Å². The molecule has 2 N–H and O–H groups in total. The first-order valence-electron chi connectivity index (χ1n) is 12.0. The second-order valence-electron chi connectivity index (χ2n) is 9.09. The van der Waals surface area contributed by atoms with E-state index in [1.54, 1.807) is 39.9 Å². The third-order valence-electron chi connectivity index (χ3n) is 6.40. The summed E-state index contributed by atoms with van der Waals surface area (Å²) < 4.78 is 17.7. The highest BCUT2D eigenvalue weighted by Gasteiger charge is 2.19. The first-order valence-corrected chi connectivity index (χ1v) is 12.8. The zero-order chi connectivity index (χ0) is 26.1. The molecule has 192 valence electrons. The van der Waals surface area contributed by atoms with Gasteiger partial charge in [-0.05, 0) is 43.0 Å². The van der Waals surface area contributed by atoms with Crippen molar-refractivity contribution in [3.05, 3.63) is 59.1 Å². The molecule has 4 heterocycles. The maximum Gasteiger partial charge on any atom is 0.339 e. The summed E-state index contributed by atoms with van der Waals surface area (Å²) in [7, 11) is 3.20. The molecule has 0 radical (unpaired) electrons. The van der Waals surface area contributed by atoms with Crippen molar-refractivity contribution in [2.45, 2.75) is 26.3 Å². The highest BCUT2D eigenvalue weighted by molar-refractivity contribution is 9.10. The quantitative estimate of drug-likeness (QED) is 0.203. The molecule has 0 fully saturated rings. The Labute approximate surface area is 222 Å². The number of hydrogen-bond donors (Lipinski definition) is 1. The van der Waals surface area contributed by atoms with Gasteiger partial charge in [-0.25, -0.2) is 19.4 Å². The predicted octanol–water partition coefficient (Wildman–Crippen LogP) is 4.71. The van der Waals surface area contributed by atoms with Gasteiger partial charge in [-0.15, -0.1) is 0 Å². The van der Waals surface area contributed by atoms with Crippen LogP contribution in [0.15, 0.2) is 53.5 Å². The Morgan fingerprint density at radius 3 is 2.89 bits per heavy atom. The topological polar surface area (TPSA) is 114 Å². The first kappa shape index (κ1) is 24.8. The van der Waals surface area contributed by atoms with Crippen LogP contribution in [0.2, 0.25) is 0 Å². The number of carbonyl (C=O) groups excluding carboxylic acids is 1. The zero-order valence-electron chi connectivity index (χ0n) is 20.9. The molecule has 10 nitrogen and oxygen atoms in total. The summed E-state index contributed by atoms with van der Waals surface area (Å²) in [4.78, 5) is 21.2. The minimum absolute atomic E-state index is 0.370. The fourth-order valence-corrected chi connectivity index (χ4v) is 4.90. The number of rotatable bonds is 9. The fourth-order valence-electron chi connectivity index (χ4n) is 4.55. The van der Waals surface area contributed by atoms with E-state index in [0.29, 0.717) is 35.6 Å². The number of nitrogens with zero attached hydrogens (tertiary/aromatic N) is 6. The normalized spacial score (nSPS) is 12.3. The molecular weight excluding hydrogens is 538 g/mol. The summed E-state index contributed by atoms with van der Waals surface area (Å²) in [6, 6.07) is 7.74. The second kappa shape index (κ2) is 10.3. The molecule has 5 aromatic rings. The van der Waals surface area contributed by atoms with Crippen LogP contribution >= 0.6 is 15.9 Å². The number of halogens is 1.